The Balaban J connectivity index is 2.87. The quantitative estimate of drug-likeness (QED) is 0.758. The van der Waals surface area contributed by atoms with Gasteiger partial charge in [-0.25, -0.2) is 0 Å². The minimum Gasteiger partial charge on any atom is -0.395 e. The predicted molar refractivity (Wildman–Crippen MR) is 85.4 cm³/mol. The number of carbonyl (C=O) groups is 1. The third kappa shape index (κ3) is 5.16. The Labute approximate surface area is 130 Å². The van der Waals surface area contributed by atoms with Gasteiger partial charge in [0.2, 0.25) is 0 Å². The second-order valence-corrected chi connectivity index (χ2v) is 5.58. The summed E-state index contributed by atoms with van der Waals surface area (Å²) in [5.74, 6) is 5.73. The van der Waals surface area contributed by atoms with E-state index in [0.717, 1.165) is 17.7 Å². The Morgan fingerprint density at radius 3 is 2.62 bits per heavy atom. The lowest BCUT2D eigenvalue weighted by Gasteiger charge is -2.29. The molecule has 4 nitrogen and oxygen atoms in total. The topological polar surface area (TPSA) is 60.8 Å². The van der Waals surface area contributed by atoms with E-state index < -0.39 is 0 Å². The average molecular weight is 309 g/mol. The number of hydrogen-bond donors (Lipinski definition) is 2. The maximum absolute atomic E-state index is 12.6. The van der Waals surface area contributed by atoms with E-state index in [2.05, 4.69) is 11.8 Å². The van der Waals surface area contributed by atoms with Crippen molar-refractivity contribution in [2.45, 2.75) is 39.2 Å². The first-order chi connectivity index (χ1) is 10.2. The van der Waals surface area contributed by atoms with Gasteiger partial charge in [-0.05, 0) is 18.9 Å². The van der Waals surface area contributed by atoms with Gasteiger partial charge in [-0.1, -0.05) is 25.7 Å². The molecule has 5 heteroatoms. The lowest BCUT2D eigenvalue weighted by molar-refractivity contribution is 0.0623. The van der Waals surface area contributed by atoms with Gasteiger partial charge in [-0.15, -0.1) is 11.3 Å². The number of aliphatic hydroxyl groups is 2. The lowest BCUT2D eigenvalue weighted by atomic mass is 10.1. The molecule has 1 heterocycles. The summed E-state index contributed by atoms with van der Waals surface area (Å²) in [4.78, 5) is 15.1. The van der Waals surface area contributed by atoms with Crippen LogP contribution in [-0.2, 0) is 0 Å². The Bertz CT molecular complexity index is 497. The van der Waals surface area contributed by atoms with Gasteiger partial charge in [0.15, 0.2) is 0 Å². The third-order valence-electron chi connectivity index (χ3n) is 3.28. The molecule has 2 N–H and O–H groups in total. The van der Waals surface area contributed by atoms with E-state index in [1.54, 1.807) is 16.3 Å². The molecule has 21 heavy (non-hydrogen) atoms. The van der Waals surface area contributed by atoms with Crippen molar-refractivity contribution in [1.29, 1.82) is 0 Å². The molecule has 0 saturated heterocycles. The minimum absolute atomic E-state index is 0.0322. The molecule has 0 bridgehead atoms. The molecule has 0 fully saturated rings. The van der Waals surface area contributed by atoms with Gasteiger partial charge in [0.05, 0.1) is 23.7 Å². The molecular weight excluding hydrogens is 286 g/mol. The standard InChI is InChI=1S/C16H23NO3S/c1-3-14(4-2)17(8-10-19)16(20)13-11-15(21-12-13)7-5-6-9-18/h11-12,14,18-19H,3-4,6,8-10H2,1-2H3. The normalized spacial score (nSPS) is 10.3. The molecule has 0 aromatic carbocycles. The van der Waals surface area contributed by atoms with Gasteiger partial charge in [-0.2, -0.15) is 0 Å². The number of carbonyl (C=O) groups excluding carboxylic acids is 1. The van der Waals surface area contributed by atoms with E-state index in [0.29, 0.717) is 18.5 Å². The fourth-order valence-corrected chi connectivity index (χ4v) is 2.92. The first kappa shape index (κ1) is 17.7. The van der Waals surface area contributed by atoms with Crippen molar-refractivity contribution in [1.82, 2.24) is 4.90 Å². The second kappa shape index (κ2) is 9.56. The van der Waals surface area contributed by atoms with Crippen LogP contribution in [0.1, 0.15) is 48.3 Å². The number of nitrogens with zero attached hydrogens (tertiary/aromatic N) is 1. The largest absolute Gasteiger partial charge is 0.395 e. The highest BCUT2D eigenvalue weighted by atomic mass is 32.1. The molecule has 116 valence electrons. The summed E-state index contributed by atoms with van der Waals surface area (Å²) in [7, 11) is 0. The van der Waals surface area contributed by atoms with Crippen molar-refractivity contribution >= 4 is 17.2 Å². The fraction of sp³-hybridized carbons (Fsp3) is 0.562. The van der Waals surface area contributed by atoms with E-state index in [-0.39, 0.29) is 25.2 Å². The smallest absolute Gasteiger partial charge is 0.255 e. The zero-order valence-electron chi connectivity index (χ0n) is 12.6. The highest BCUT2D eigenvalue weighted by molar-refractivity contribution is 7.10. The molecule has 1 amide bonds. The van der Waals surface area contributed by atoms with Crippen LogP contribution in [0, 0.1) is 11.8 Å². The van der Waals surface area contributed by atoms with E-state index in [4.69, 9.17) is 5.11 Å². The second-order valence-electron chi connectivity index (χ2n) is 4.67. The molecule has 0 aliphatic rings. The Morgan fingerprint density at radius 1 is 1.33 bits per heavy atom. The third-order valence-corrected chi connectivity index (χ3v) is 4.13. The van der Waals surface area contributed by atoms with Crippen LogP contribution in [0.25, 0.3) is 0 Å². The number of amides is 1. The van der Waals surface area contributed by atoms with Crippen molar-refractivity contribution in [2.75, 3.05) is 19.8 Å². The van der Waals surface area contributed by atoms with Crippen molar-refractivity contribution in [3.63, 3.8) is 0 Å². The average Bonchev–Trinajstić information content (AvgIpc) is 2.96. The first-order valence-electron chi connectivity index (χ1n) is 7.27. The zero-order valence-corrected chi connectivity index (χ0v) is 13.4. The Morgan fingerprint density at radius 2 is 2.05 bits per heavy atom. The summed E-state index contributed by atoms with van der Waals surface area (Å²) in [5, 5.41) is 19.7. The first-order valence-corrected chi connectivity index (χ1v) is 8.15. The number of rotatable bonds is 7. The summed E-state index contributed by atoms with van der Waals surface area (Å²) in [6.07, 6.45) is 2.18. The van der Waals surface area contributed by atoms with Crippen LogP contribution in [0.15, 0.2) is 11.4 Å². The van der Waals surface area contributed by atoms with Gasteiger partial charge in [0.1, 0.15) is 0 Å². The summed E-state index contributed by atoms with van der Waals surface area (Å²) in [6, 6.07) is 1.93. The summed E-state index contributed by atoms with van der Waals surface area (Å²) >= 11 is 1.43. The maximum atomic E-state index is 12.6. The molecule has 0 unspecified atom stereocenters. The van der Waals surface area contributed by atoms with Gasteiger partial charge in [0.25, 0.3) is 5.91 Å². The molecule has 1 aromatic heterocycles. The van der Waals surface area contributed by atoms with E-state index in [1.165, 1.54) is 11.3 Å². The molecule has 1 aromatic rings. The van der Waals surface area contributed by atoms with E-state index in [9.17, 15) is 9.90 Å². The summed E-state index contributed by atoms with van der Waals surface area (Å²) < 4.78 is 0. The van der Waals surface area contributed by atoms with Crippen LogP contribution in [-0.4, -0.2) is 46.8 Å². The van der Waals surface area contributed by atoms with Gasteiger partial charge >= 0.3 is 0 Å². The van der Waals surface area contributed by atoms with Crippen molar-refractivity contribution in [2.24, 2.45) is 0 Å². The number of thiophene rings is 1. The molecule has 0 aliphatic carbocycles. The van der Waals surface area contributed by atoms with E-state index in [1.807, 2.05) is 13.8 Å². The highest BCUT2D eigenvalue weighted by Gasteiger charge is 2.22. The Hall–Kier alpha value is -1.35. The van der Waals surface area contributed by atoms with Crippen molar-refractivity contribution in [3.8, 4) is 11.8 Å². The van der Waals surface area contributed by atoms with E-state index >= 15 is 0 Å². The van der Waals surface area contributed by atoms with Crippen molar-refractivity contribution in [3.05, 3.63) is 21.9 Å². The monoisotopic (exact) mass is 309 g/mol. The molecule has 0 atom stereocenters. The molecular formula is C16H23NO3S. The Kier molecular flexibility index (Phi) is 8.06. The number of hydrogen-bond acceptors (Lipinski definition) is 4. The molecule has 1 rings (SSSR count). The number of aliphatic hydroxyl groups excluding tert-OH is 2. The highest BCUT2D eigenvalue weighted by Crippen LogP contribution is 2.18. The van der Waals surface area contributed by atoms with Gasteiger partial charge < -0.3 is 15.1 Å². The van der Waals surface area contributed by atoms with Crippen LogP contribution >= 0.6 is 11.3 Å². The summed E-state index contributed by atoms with van der Waals surface area (Å²) in [6.45, 7) is 4.46. The van der Waals surface area contributed by atoms with Crippen LogP contribution in [0.2, 0.25) is 0 Å². The van der Waals surface area contributed by atoms with Crippen LogP contribution in [0.4, 0.5) is 0 Å². The molecule has 0 spiro atoms. The molecule has 0 saturated carbocycles. The van der Waals surface area contributed by atoms with Gasteiger partial charge in [0, 0.05) is 24.4 Å². The van der Waals surface area contributed by atoms with Gasteiger partial charge in [-0.3, -0.25) is 4.79 Å². The zero-order chi connectivity index (χ0) is 15.7. The fourth-order valence-electron chi connectivity index (χ4n) is 2.17. The lowest BCUT2D eigenvalue weighted by Crippen LogP contribution is -2.41. The maximum Gasteiger partial charge on any atom is 0.255 e. The van der Waals surface area contributed by atoms with Crippen LogP contribution in [0.5, 0.6) is 0 Å². The van der Waals surface area contributed by atoms with Crippen molar-refractivity contribution < 1.29 is 15.0 Å². The minimum atomic E-state index is -0.0517. The SMILES string of the molecule is CCC(CC)N(CCO)C(=O)c1csc(C#CCCO)c1. The predicted octanol–water partition coefficient (Wildman–Crippen LogP) is 2.11. The van der Waals surface area contributed by atoms with Crippen LogP contribution in [0.3, 0.4) is 0 Å². The molecule has 0 radical (unpaired) electrons. The summed E-state index contributed by atoms with van der Waals surface area (Å²) in [5.41, 5.74) is 0.619. The van der Waals surface area contributed by atoms with Crippen LogP contribution < -0.4 is 0 Å². The molecule has 0 aliphatic heterocycles.